The highest BCUT2D eigenvalue weighted by Gasteiger charge is 1.91. The Hall–Kier alpha value is -0.120. The highest BCUT2D eigenvalue weighted by Crippen LogP contribution is 1.83. The van der Waals surface area contributed by atoms with Crippen LogP contribution in [0.3, 0.4) is 0 Å². The first-order chi connectivity index (χ1) is 4.27. The summed E-state index contributed by atoms with van der Waals surface area (Å²) >= 11 is 0. The first kappa shape index (κ1) is 8.88. The van der Waals surface area contributed by atoms with Crippen molar-refractivity contribution >= 4 is 0 Å². The van der Waals surface area contributed by atoms with E-state index in [1.54, 1.807) is 6.92 Å². The zero-order valence-electron chi connectivity index (χ0n) is 5.67. The second-order valence-corrected chi connectivity index (χ2v) is 1.58. The summed E-state index contributed by atoms with van der Waals surface area (Å²) in [6.45, 7) is 6.39. The van der Waals surface area contributed by atoms with Gasteiger partial charge in [0.25, 0.3) is 0 Å². The molecule has 0 aromatic heterocycles. The predicted molar refractivity (Wildman–Crippen MR) is 33.8 cm³/mol. The molecule has 0 bridgehead atoms. The van der Waals surface area contributed by atoms with Crippen LogP contribution in [0.2, 0.25) is 0 Å². The smallest absolute Gasteiger partial charge is 0.151 e. The minimum absolute atomic E-state index is 0.424. The van der Waals surface area contributed by atoms with Gasteiger partial charge in [0.1, 0.15) is 0 Å². The van der Waals surface area contributed by atoms with Crippen molar-refractivity contribution in [3.63, 3.8) is 0 Å². The highest BCUT2D eigenvalue weighted by molar-refractivity contribution is 4.32. The Balaban J connectivity index is 2.75. The van der Waals surface area contributed by atoms with Gasteiger partial charge in [-0.3, -0.25) is 0 Å². The largest absolute Gasteiger partial charge is 0.379 e. The summed E-state index contributed by atoms with van der Waals surface area (Å²) in [5, 5.41) is 8.56. The molecule has 55 valence electrons. The maximum absolute atomic E-state index is 8.56. The minimum Gasteiger partial charge on any atom is -0.379 e. The van der Waals surface area contributed by atoms with E-state index < -0.39 is 6.29 Å². The fourth-order valence-corrected chi connectivity index (χ4v) is 0.380. The van der Waals surface area contributed by atoms with E-state index in [0.29, 0.717) is 19.8 Å². The highest BCUT2D eigenvalue weighted by atomic mass is 16.6. The zero-order chi connectivity index (χ0) is 7.11. The topological polar surface area (TPSA) is 38.7 Å². The first-order valence-corrected chi connectivity index (χ1v) is 2.94. The van der Waals surface area contributed by atoms with Crippen LogP contribution >= 0.6 is 0 Å². The predicted octanol–water partition coefficient (Wildman–Crippen LogP) is 0.192. The molecule has 0 spiro atoms. The number of hydrogen-bond acceptors (Lipinski definition) is 3. The molecule has 0 aliphatic rings. The van der Waals surface area contributed by atoms with E-state index in [4.69, 9.17) is 14.6 Å². The molecule has 0 aliphatic heterocycles. The number of hydrogen-bond donors (Lipinski definition) is 1. The van der Waals surface area contributed by atoms with E-state index in [1.165, 1.54) is 0 Å². The van der Waals surface area contributed by atoms with Gasteiger partial charge in [-0.25, -0.2) is 0 Å². The van der Waals surface area contributed by atoms with Crippen LogP contribution in [-0.4, -0.2) is 31.2 Å². The van der Waals surface area contributed by atoms with E-state index in [-0.39, 0.29) is 0 Å². The van der Waals surface area contributed by atoms with Crippen molar-refractivity contribution in [1.29, 1.82) is 0 Å². The fraction of sp³-hybridized carbons (Fsp3) is 0.833. The van der Waals surface area contributed by atoms with Crippen molar-refractivity contribution in [2.45, 2.75) is 13.2 Å². The lowest BCUT2D eigenvalue weighted by atomic mass is 10.7. The van der Waals surface area contributed by atoms with Crippen LogP contribution in [0.1, 0.15) is 6.92 Å². The van der Waals surface area contributed by atoms with Gasteiger partial charge in [0, 0.05) is 6.61 Å². The summed E-state index contributed by atoms with van der Waals surface area (Å²) in [5.41, 5.74) is 0. The molecule has 9 heavy (non-hydrogen) atoms. The summed E-state index contributed by atoms with van der Waals surface area (Å²) in [6, 6.07) is 0. The Bertz CT molecular complexity index is 54.3. The number of aliphatic hydroxyl groups is 1. The van der Waals surface area contributed by atoms with E-state index in [2.05, 4.69) is 6.92 Å². The zero-order valence-corrected chi connectivity index (χ0v) is 5.67. The van der Waals surface area contributed by atoms with E-state index in [0.717, 1.165) is 0 Å². The van der Waals surface area contributed by atoms with Gasteiger partial charge in [-0.1, -0.05) is 0 Å². The normalized spacial score (nSPS) is 13.7. The Labute approximate surface area is 55.6 Å². The first-order valence-electron chi connectivity index (χ1n) is 2.94. The second kappa shape index (κ2) is 6.01. The lowest BCUT2D eigenvalue weighted by molar-refractivity contribution is -0.0980. The summed E-state index contributed by atoms with van der Waals surface area (Å²) in [4.78, 5) is 0. The lowest BCUT2D eigenvalue weighted by Crippen LogP contribution is -2.11. The quantitative estimate of drug-likeness (QED) is 0.430. The van der Waals surface area contributed by atoms with Crippen molar-refractivity contribution in [3.05, 3.63) is 6.92 Å². The molecule has 1 atom stereocenters. The number of rotatable bonds is 5. The van der Waals surface area contributed by atoms with Crippen LogP contribution in [0.5, 0.6) is 0 Å². The SMILES string of the molecule is [CH2]COCCOC(C)O. The van der Waals surface area contributed by atoms with Gasteiger partial charge in [0.05, 0.1) is 13.2 Å². The summed E-state index contributed by atoms with van der Waals surface area (Å²) in [5.74, 6) is 0. The van der Waals surface area contributed by atoms with E-state index in [1.807, 2.05) is 0 Å². The third-order valence-corrected chi connectivity index (χ3v) is 0.731. The Kier molecular flexibility index (Phi) is 5.93. The molecule has 0 aromatic carbocycles. The molecule has 0 saturated carbocycles. The van der Waals surface area contributed by atoms with Crippen molar-refractivity contribution < 1.29 is 14.6 Å². The molecule has 1 radical (unpaired) electrons. The lowest BCUT2D eigenvalue weighted by Gasteiger charge is -2.05. The maximum Gasteiger partial charge on any atom is 0.151 e. The van der Waals surface area contributed by atoms with Crippen molar-refractivity contribution in [2.24, 2.45) is 0 Å². The second-order valence-electron chi connectivity index (χ2n) is 1.58. The molecule has 0 rings (SSSR count). The molecule has 1 unspecified atom stereocenters. The van der Waals surface area contributed by atoms with Crippen molar-refractivity contribution in [3.8, 4) is 0 Å². The molecule has 3 heteroatoms. The molecular weight excluding hydrogens is 120 g/mol. The molecule has 0 aliphatic carbocycles. The summed E-state index contributed by atoms with van der Waals surface area (Å²) in [6.07, 6.45) is -0.696. The Morgan fingerprint density at radius 1 is 1.56 bits per heavy atom. The molecule has 0 fully saturated rings. The molecule has 0 amide bonds. The van der Waals surface area contributed by atoms with E-state index in [9.17, 15) is 0 Å². The van der Waals surface area contributed by atoms with Gasteiger partial charge in [0.15, 0.2) is 6.29 Å². The van der Waals surface area contributed by atoms with Crippen LogP contribution in [0.25, 0.3) is 0 Å². The van der Waals surface area contributed by atoms with Crippen LogP contribution < -0.4 is 0 Å². The molecule has 0 aromatic rings. The monoisotopic (exact) mass is 133 g/mol. The van der Waals surface area contributed by atoms with Gasteiger partial charge < -0.3 is 14.6 Å². The summed E-state index contributed by atoms with van der Waals surface area (Å²) in [7, 11) is 0. The third kappa shape index (κ3) is 7.88. The van der Waals surface area contributed by atoms with Crippen LogP contribution in [0, 0.1) is 6.92 Å². The van der Waals surface area contributed by atoms with E-state index >= 15 is 0 Å². The van der Waals surface area contributed by atoms with Gasteiger partial charge in [0.2, 0.25) is 0 Å². The number of aliphatic hydroxyl groups excluding tert-OH is 1. The molecule has 1 N–H and O–H groups in total. The third-order valence-electron chi connectivity index (χ3n) is 0.731. The van der Waals surface area contributed by atoms with Crippen LogP contribution in [0.4, 0.5) is 0 Å². The fourth-order valence-electron chi connectivity index (χ4n) is 0.380. The average molecular weight is 133 g/mol. The van der Waals surface area contributed by atoms with Gasteiger partial charge in [-0.15, -0.1) is 0 Å². The molecular formula is C6H13O3. The molecule has 0 heterocycles. The Morgan fingerprint density at radius 2 is 2.22 bits per heavy atom. The standard InChI is InChI=1S/C6H13O3/c1-3-8-4-5-9-6(2)7/h6-7H,1,3-5H2,2H3. The molecule has 0 saturated heterocycles. The average Bonchev–Trinajstić information content (AvgIpc) is 1.80. The van der Waals surface area contributed by atoms with Crippen molar-refractivity contribution in [2.75, 3.05) is 19.8 Å². The van der Waals surface area contributed by atoms with Gasteiger partial charge >= 0.3 is 0 Å². The van der Waals surface area contributed by atoms with Crippen LogP contribution in [-0.2, 0) is 9.47 Å². The van der Waals surface area contributed by atoms with Gasteiger partial charge in [-0.2, -0.15) is 0 Å². The van der Waals surface area contributed by atoms with Gasteiger partial charge in [-0.05, 0) is 13.8 Å². The minimum atomic E-state index is -0.696. The molecule has 3 nitrogen and oxygen atoms in total. The number of ether oxygens (including phenoxy) is 2. The summed E-state index contributed by atoms with van der Waals surface area (Å²) < 4.78 is 9.58. The maximum atomic E-state index is 8.56. The Morgan fingerprint density at radius 3 is 2.67 bits per heavy atom. The van der Waals surface area contributed by atoms with Crippen molar-refractivity contribution in [1.82, 2.24) is 0 Å². The van der Waals surface area contributed by atoms with Crippen LogP contribution in [0.15, 0.2) is 0 Å².